The van der Waals surface area contributed by atoms with Gasteiger partial charge < -0.3 is 10.3 Å². The zero-order chi connectivity index (χ0) is 11.5. The molecule has 2 rings (SSSR count). The molecule has 2 nitrogen and oxygen atoms in total. The van der Waals surface area contributed by atoms with Crippen molar-refractivity contribution < 1.29 is 0 Å². The van der Waals surface area contributed by atoms with Gasteiger partial charge in [0.15, 0.2) is 0 Å². The van der Waals surface area contributed by atoms with Crippen molar-refractivity contribution in [1.29, 1.82) is 0 Å². The Labute approximate surface area is 96.7 Å². The fourth-order valence-corrected chi connectivity index (χ4v) is 1.98. The summed E-state index contributed by atoms with van der Waals surface area (Å²) >= 11 is 0. The first-order valence-corrected chi connectivity index (χ1v) is 5.64. The van der Waals surface area contributed by atoms with Crippen molar-refractivity contribution in [2.45, 2.75) is 26.8 Å². The van der Waals surface area contributed by atoms with Crippen LogP contribution < -0.4 is 5.73 Å². The molecular weight excluding hydrogens is 196 g/mol. The van der Waals surface area contributed by atoms with E-state index in [0.29, 0.717) is 0 Å². The number of benzene rings is 1. The number of hydrogen-bond acceptors (Lipinski definition) is 1. The van der Waals surface area contributed by atoms with E-state index in [4.69, 9.17) is 5.73 Å². The number of nitrogens with two attached hydrogens (primary N) is 1. The standard InChI is InChI=1S/C14H18N2/c1-11-3-4-12(2)16(11)10-9-13-5-7-14(15)8-6-13/h3-8H,9-10,15H2,1-2H3. The number of aromatic nitrogens is 1. The number of nitrogens with zero attached hydrogens (tertiary/aromatic N) is 1. The van der Waals surface area contributed by atoms with Crippen LogP contribution in [0, 0.1) is 13.8 Å². The van der Waals surface area contributed by atoms with Gasteiger partial charge in [0.05, 0.1) is 0 Å². The van der Waals surface area contributed by atoms with Gasteiger partial charge in [-0.1, -0.05) is 12.1 Å². The molecule has 0 atom stereocenters. The van der Waals surface area contributed by atoms with Crippen molar-refractivity contribution in [1.82, 2.24) is 4.57 Å². The summed E-state index contributed by atoms with van der Waals surface area (Å²) in [5, 5.41) is 0. The molecule has 0 radical (unpaired) electrons. The Morgan fingerprint density at radius 3 is 2.06 bits per heavy atom. The number of nitrogen functional groups attached to an aromatic ring is 1. The Kier molecular flexibility index (Phi) is 3.00. The van der Waals surface area contributed by atoms with E-state index in [1.54, 1.807) is 0 Å². The first-order chi connectivity index (χ1) is 7.66. The second-order valence-corrected chi connectivity index (χ2v) is 4.26. The first kappa shape index (κ1) is 10.8. The molecule has 0 amide bonds. The molecule has 1 heterocycles. The van der Waals surface area contributed by atoms with Gasteiger partial charge in [-0.2, -0.15) is 0 Å². The van der Waals surface area contributed by atoms with Gasteiger partial charge in [-0.25, -0.2) is 0 Å². The van der Waals surface area contributed by atoms with Crippen LogP contribution in [0.3, 0.4) is 0 Å². The molecule has 0 aliphatic heterocycles. The lowest BCUT2D eigenvalue weighted by atomic mass is 10.1. The molecule has 1 aromatic carbocycles. The van der Waals surface area contributed by atoms with Crippen LogP contribution in [0.1, 0.15) is 17.0 Å². The van der Waals surface area contributed by atoms with Crippen molar-refractivity contribution >= 4 is 5.69 Å². The van der Waals surface area contributed by atoms with Crippen LogP contribution in [0.2, 0.25) is 0 Å². The van der Waals surface area contributed by atoms with Crippen LogP contribution in [-0.4, -0.2) is 4.57 Å². The molecule has 2 aromatic rings. The van der Waals surface area contributed by atoms with Crippen molar-refractivity contribution in [3.05, 3.63) is 53.3 Å². The summed E-state index contributed by atoms with van der Waals surface area (Å²) < 4.78 is 2.34. The fourth-order valence-electron chi connectivity index (χ4n) is 1.98. The highest BCUT2D eigenvalue weighted by molar-refractivity contribution is 5.39. The SMILES string of the molecule is Cc1ccc(C)n1CCc1ccc(N)cc1. The van der Waals surface area contributed by atoms with Gasteiger partial charge in [0.25, 0.3) is 0 Å². The lowest BCUT2D eigenvalue weighted by Gasteiger charge is -2.09. The molecule has 0 aliphatic rings. The van der Waals surface area contributed by atoms with Crippen LogP contribution >= 0.6 is 0 Å². The number of aryl methyl sites for hydroxylation is 3. The average Bonchev–Trinajstić information content (AvgIpc) is 2.59. The van der Waals surface area contributed by atoms with Gasteiger partial charge in [0.1, 0.15) is 0 Å². The average molecular weight is 214 g/mol. The normalized spacial score (nSPS) is 10.6. The van der Waals surface area contributed by atoms with Crippen LogP contribution in [-0.2, 0) is 13.0 Å². The second-order valence-electron chi connectivity index (χ2n) is 4.26. The third-order valence-electron chi connectivity index (χ3n) is 3.02. The summed E-state index contributed by atoms with van der Waals surface area (Å²) in [6, 6.07) is 12.5. The second kappa shape index (κ2) is 4.44. The minimum Gasteiger partial charge on any atom is -0.399 e. The van der Waals surface area contributed by atoms with E-state index in [1.165, 1.54) is 17.0 Å². The molecule has 0 fully saturated rings. The Balaban J connectivity index is 2.05. The van der Waals surface area contributed by atoms with Crippen molar-refractivity contribution in [2.75, 3.05) is 5.73 Å². The number of anilines is 1. The highest BCUT2D eigenvalue weighted by Crippen LogP contribution is 2.11. The summed E-state index contributed by atoms with van der Waals surface area (Å²) in [6.07, 6.45) is 1.05. The lowest BCUT2D eigenvalue weighted by molar-refractivity contribution is 0.664. The van der Waals surface area contributed by atoms with Gasteiger partial charge >= 0.3 is 0 Å². The first-order valence-electron chi connectivity index (χ1n) is 5.64. The van der Waals surface area contributed by atoms with Gasteiger partial charge in [-0.3, -0.25) is 0 Å². The molecule has 2 N–H and O–H groups in total. The minimum atomic E-state index is 0.831. The smallest absolute Gasteiger partial charge is 0.0314 e. The van der Waals surface area contributed by atoms with Gasteiger partial charge in [0.2, 0.25) is 0 Å². The van der Waals surface area contributed by atoms with E-state index in [9.17, 15) is 0 Å². The molecule has 0 bridgehead atoms. The molecule has 0 saturated carbocycles. The number of rotatable bonds is 3. The van der Waals surface area contributed by atoms with E-state index in [1.807, 2.05) is 12.1 Å². The van der Waals surface area contributed by atoms with Crippen molar-refractivity contribution in [3.8, 4) is 0 Å². The topological polar surface area (TPSA) is 30.9 Å². The minimum absolute atomic E-state index is 0.831. The third kappa shape index (κ3) is 2.27. The lowest BCUT2D eigenvalue weighted by Crippen LogP contribution is -2.04. The van der Waals surface area contributed by atoms with Crippen molar-refractivity contribution in [2.24, 2.45) is 0 Å². The fraction of sp³-hybridized carbons (Fsp3) is 0.286. The van der Waals surface area contributed by atoms with Gasteiger partial charge in [-0.15, -0.1) is 0 Å². The molecule has 0 aliphatic carbocycles. The number of hydrogen-bond donors (Lipinski definition) is 1. The Morgan fingerprint density at radius 1 is 0.938 bits per heavy atom. The Bertz CT molecular complexity index is 446. The zero-order valence-electron chi connectivity index (χ0n) is 9.90. The largest absolute Gasteiger partial charge is 0.399 e. The highest BCUT2D eigenvalue weighted by atomic mass is 15.0. The van der Waals surface area contributed by atoms with Crippen LogP contribution in [0.4, 0.5) is 5.69 Å². The van der Waals surface area contributed by atoms with E-state index in [-0.39, 0.29) is 0 Å². The summed E-state index contributed by atoms with van der Waals surface area (Å²) in [5.74, 6) is 0. The van der Waals surface area contributed by atoms with E-state index in [0.717, 1.165) is 18.7 Å². The van der Waals surface area contributed by atoms with E-state index >= 15 is 0 Å². The third-order valence-corrected chi connectivity index (χ3v) is 3.02. The molecule has 16 heavy (non-hydrogen) atoms. The molecule has 1 aromatic heterocycles. The zero-order valence-corrected chi connectivity index (χ0v) is 9.90. The summed E-state index contributed by atoms with van der Waals surface area (Å²) in [6.45, 7) is 5.33. The summed E-state index contributed by atoms with van der Waals surface area (Å²) in [4.78, 5) is 0. The van der Waals surface area contributed by atoms with Gasteiger partial charge in [-0.05, 0) is 50.1 Å². The summed E-state index contributed by atoms with van der Waals surface area (Å²) in [7, 11) is 0. The monoisotopic (exact) mass is 214 g/mol. The van der Waals surface area contributed by atoms with Crippen LogP contribution in [0.5, 0.6) is 0 Å². The quantitative estimate of drug-likeness (QED) is 0.782. The summed E-state index contributed by atoms with van der Waals surface area (Å²) in [5.41, 5.74) is 10.5. The molecule has 0 saturated heterocycles. The van der Waals surface area contributed by atoms with Crippen molar-refractivity contribution in [3.63, 3.8) is 0 Å². The van der Waals surface area contributed by atoms with Crippen LogP contribution in [0.25, 0.3) is 0 Å². The molecular formula is C14H18N2. The van der Waals surface area contributed by atoms with E-state index < -0.39 is 0 Å². The predicted molar refractivity (Wildman–Crippen MR) is 68.5 cm³/mol. The highest BCUT2D eigenvalue weighted by Gasteiger charge is 2.00. The van der Waals surface area contributed by atoms with Crippen LogP contribution in [0.15, 0.2) is 36.4 Å². The molecule has 84 valence electrons. The molecule has 2 heteroatoms. The predicted octanol–water partition coefficient (Wildman–Crippen LogP) is 2.93. The maximum atomic E-state index is 5.66. The molecule has 0 unspecified atom stereocenters. The van der Waals surface area contributed by atoms with E-state index in [2.05, 4.69) is 42.7 Å². The Morgan fingerprint density at radius 2 is 1.50 bits per heavy atom. The maximum absolute atomic E-state index is 5.66. The van der Waals surface area contributed by atoms with Gasteiger partial charge in [0, 0.05) is 23.6 Å². The maximum Gasteiger partial charge on any atom is 0.0314 e. The molecule has 0 spiro atoms. The Hall–Kier alpha value is -1.70.